The number of halogens is 1. The van der Waals surface area contributed by atoms with E-state index in [1.807, 2.05) is 12.1 Å². The van der Waals surface area contributed by atoms with Crippen molar-refractivity contribution in [1.82, 2.24) is 5.32 Å². The molecular formula is C15H20ClNO3. The first-order valence-electron chi connectivity index (χ1n) is 6.88. The van der Waals surface area contributed by atoms with Crippen LogP contribution in [0.15, 0.2) is 18.2 Å². The fourth-order valence-corrected chi connectivity index (χ4v) is 2.78. The molecule has 0 atom stereocenters. The number of ether oxygens (including phenoxy) is 1. The van der Waals surface area contributed by atoms with Crippen molar-refractivity contribution in [1.29, 1.82) is 0 Å². The van der Waals surface area contributed by atoms with Crippen molar-refractivity contribution in [3.8, 4) is 5.75 Å². The van der Waals surface area contributed by atoms with Gasteiger partial charge in [-0.05, 0) is 49.8 Å². The first-order chi connectivity index (χ1) is 9.55. The summed E-state index contributed by atoms with van der Waals surface area (Å²) in [6.07, 6.45) is 3.57. The number of rotatable bonds is 5. The van der Waals surface area contributed by atoms with Gasteiger partial charge in [0.05, 0.1) is 7.11 Å². The monoisotopic (exact) mass is 297 g/mol. The van der Waals surface area contributed by atoms with Crippen molar-refractivity contribution in [3.05, 3.63) is 28.8 Å². The summed E-state index contributed by atoms with van der Waals surface area (Å²) in [4.78, 5) is 11.9. The van der Waals surface area contributed by atoms with E-state index >= 15 is 0 Å². The van der Waals surface area contributed by atoms with Crippen LogP contribution < -0.4 is 10.1 Å². The van der Waals surface area contributed by atoms with E-state index in [1.54, 1.807) is 13.2 Å². The van der Waals surface area contributed by atoms with Crippen LogP contribution in [0.2, 0.25) is 5.02 Å². The largest absolute Gasteiger partial charge is 0.497 e. The standard InChI is InChI=1S/C15H20ClNO3/c1-20-12-5-4-11(13(16)10-12)6-9-17-14(18)15(19)7-2-3-8-15/h4-5,10,19H,2-3,6-9H2,1H3,(H,17,18). The molecule has 1 aliphatic carbocycles. The maximum Gasteiger partial charge on any atom is 0.251 e. The lowest BCUT2D eigenvalue weighted by Crippen LogP contribution is -2.45. The van der Waals surface area contributed by atoms with Gasteiger partial charge in [-0.25, -0.2) is 0 Å². The third-order valence-electron chi connectivity index (χ3n) is 3.79. The zero-order valence-corrected chi connectivity index (χ0v) is 12.4. The molecular weight excluding hydrogens is 278 g/mol. The van der Waals surface area contributed by atoms with Crippen molar-refractivity contribution < 1.29 is 14.6 Å². The third kappa shape index (κ3) is 3.44. The molecule has 0 aromatic heterocycles. The molecule has 0 bridgehead atoms. The fraction of sp³-hybridized carbons (Fsp3) is 0.533. The molecule has 0 aliphatic heterocycles. The number of carbonyl (C=O) groups excluding carboxylic acids is 1. The van der Waals surface area contributed by atoms with E-state index in [2.05, 4.69) is 5.32 Å². The first kappa shape index (κ1) is 15.1. The van der Waals surface area contributed by atoms with Gasteiger partial charge in [-0.15, -0.1) is 0 Å². The molecule has 0 radical (unpaired) electrons. The lowest BCUT2D eigenvalue weighted by molar-refractivity contribution is -0.139. The van der Waals surface area contributed by atoms with Crippen molar-refractivity contribution in [2.45, 2.75) is 37.7 Å². The Morgan fingerprint density at radius 1 is 1.45 bits per heavy atom. The number of benzene rings is 1. The molecule has 5 heteroatoms. The summed E-state index contributed by atoms with van der Waals surface area (Å²) in [5.74, 6) is 0.447. The van der Waals surface area contributed by atoms with Crippen molar-refractivity contribution in [2.75, 3.05) is 13.7 Å². The number of carbonyl (C=O) groups is 1. The van der Waals surface area contributed by atoms with Crippen molar-refractivity contribution >= 4 is 17.5 Å². The van der Waals surface area contributed by atoms with Crippen molar-refractivity contribution in [3.63, 3.8) is 0 Å². The highest BCUT2D eigenvalue weighted by Gasteiger charge is 2.38. The Hall–Kier alpha value is -1.26. The van der Waals surface area contributed by atoms with E-state index < -0.39 is 5.60 Å². The molecule has 0 saturated heterocycles. The molecule has 4 nitrogen and oxygen atoms in total. The predicted octanol–water partition coefficient (Wildman–Crippen LogP) is 2.31. The van der Waals surface area contributed by atoms with E-state index in [0.29, 0.717) is 36.6 Å². The topological polar surface area (TPSA) is 58.6 Å². The Bertz CT molecular complexity index is 484. The molecule has 1 aliphatic rings. The van der Waals surface area contributed by atoms with Gasteiger partial charge in [0.1, 0.15) is 11.4 Å². The summed E-state index contributed by atoms with van der Waals surface area (Å²) in [6.45, 7) is 0.465. The van der Waals surface area contributed by atoms with Crippen LogP contribution in [0.3, 0.4) is 0 Å². The molecule has 1 aromatic rings. The smallest absolute Gasteiger partial charge is 0.251 e. The average molecular weight is 298 g/mol. The number of nitrogens with one attached hydrogen (secondary N) is 1. The Balaban J connectivity index is 1.85. The average Bonchev–Trinajstić information content (AvgIpc) is 2.88. The van der Waals surface area contributed by atoms with Crippen LogP contribution in [0.1, 0.15) is 31.2 Å². The Morgan fingerprint density at radius 2 is 2.15 bits per heavy atom. The van der Waals surface area contributed by atoms with Gasteiger partial charge >= 0.3 is 0 Å². The highest BCUT2D eigenvalue weighted by molar-refractivity contribution is 6.31. The molecule has 2 rings (SSSR count). The first-order valence-corrected chi connectivity index (χ1v) is 7.26. The Labute approximate surface area is 124 Å². The van der Waals surface area contributed by atoms with E-state index in [0.717, 1.165) is 18.4 Å². The summed E-state index contributed by atoms with van der Waals surface area (Å²) >= 11 is 6.14. The normalized spacial score (nSPS) is 16.9. The highest BCUT2D eigenvalue weighted by Crippen LogP contribution is 2.29. The number of hydrogen-bond acceptors (Lipinski definition) is 3. The van der Waals surface area contributed by atoms with Crippen LogP contribution in [0.5, 0.6) is 5.75 Å². The summed E-state index contributed by atoms with van der Waals surface area (Å²) < 4.78 is 5.09. The predicted molar refractivity (Wildman–Crippen MR) is 78.1 cm³/mol. The van der Waals surface area contributed by atoms with Crippen LogP contribution in [0.4, 0.5) is 0 Å². The minimum absolute atomic E-state index is 0.264. The van der Waals surface area contributed by atoms with Crippen LogP contribution in [-0.2, 0) is 11.2 Å². The van der Waals surface area contributed by atoms with Crippen LogP contribution >= 0.6 is 11.6 Å². The Kier molecular flexibility index (Phi) is 4.89. The molecule has 1 fully saturated rings. The molecule has 2 N–H and O–H groups in total. The maximum atomic E-state index is 11.9. The van der Waals surface area contributed by atoms with Crippen LogP contribution in [0, 0.1) is 0 Å². The van der Waals surface area contributed by atoms with E-state index in [1.165, 1.54) is 0 Å². The minimum Gasteiger partial charge on any atom is -0.497 e. The van der Waals surface area contributed by atoms with Gasteiger partial charge in [0.25, 0.3) is 5.91 Å². The van der Waals surface area contributed by atoms with Gasteiger partial charge in [-0.1, -0.05) is 17.7 Å². The molecule has 0 spiro atoms. The second-order valence-corrected chi connectivity index (χ2v) is 5.61. The third-order valence-corrected chi connectivity index (χ3v) is 4.15. The van der Waals surface area contributed by atoms with Crippen LogP contribution in [0.25, 0.3) is 0 Å². The van der Waals surface area contributed by atoms with Gasteiger partial charge in [0.15, 0.2) is 0 Å². The molecule has 20 heavy (non-hydrogen) atoms. The number of hydrogen-bond donors (Lipinski definition) is 2. The molecule has 1 aromatic carbocycles. The molecule has 1 saturated carbocycles. The molecule has 1 amide bonds. The quantitative estimate of drug-likeness (QED) is 0.877. The van der Waals surface area contributed by atoms with Gasteiger partial charge in [0, 0.05) is 11.6 Å². The van der Waals surface area contributed by atoms with Gasteiger partial charge in [0.2, 0.25) is 0 Å². The fourth-order valence-electron chi connectivity index (χ4n) is 2.52. The zero-order valence-electron chi connectivity index (χ0n) is 11.6. The van der Waals surface area contributed by atoms with Crippen molar-refractivity contribution in [2.24, 2.45) is 0 Å². The second kappa shape index (κ2) is 6.46. The minimum atomic E-state index is -1.16. The van der Waals surface area contributed by atoms with Crippen LogP contribution in [-0.4, -0.2) is 30.3 Å². The summed E-state index contributed by atoms with van der Waals surface area (Å²) in [6, 6.07) is 5.48. The SMILES string of the molecule is COc1ccc(CCNC(=O)C2(O)CCCC2)c(Cl)c1. The van der Waals surface area contributed by atoms with E-state index in [-0.39, 0.29) is 5.91 Å². The molecule has 110 valence electrons. The highest BCUT2D eigenvalue weighted by atomic mass is 35.5. The maximum absolute atomic E-state index is 11.9. The second-order valence-electron chi connectivity index (χ2n) is 5.20. The summed E-state index contributed by atoms with van der Waals surface area (Å²) in [5, 5.41) is 13.5. The van der Waals surface area contributed by atoms with Gasteiger partial charge < -0.3 is 15.2 Å². The van der Waals surface area contributed by atoms with E-state index in [4.69, 9.17) is 16.3 Å². The lowest BCUT2D eigenvalue weighted by atomic mass is 10.0. The molecule has 0 heterocycles. The zero-order chi connectivity index (χ0) is 14.6. The molecule has 0 unspecified atom stereocenters. The van der Waals surface area contributed by atoms with Gasteiger partial charge in [-0.3, -0.25) is 4.79 Å². The van der Waals surface area contributed by atoms with Gasteiger partial charge in [-0.2, -0.15) is 0 Å². The lowest BCUT2D eigenvalue weighted by Gasteiger charge is -2.21. The number of aliphatic hydroxyl groups is 1. The summed E-state index contributed by atoms with van der Waals surface area (Å²) in [5.41, 5.74) is -0.213. The number of methoxy groups -OCH3 is 1. The number of amides is 1. The summed E-state index contributed by atoms with van der Waals surface area (Å²) in [7, 11) is 1.59. The van der Waals surface area contributed by atoms with E-state index in [9.17, 15) is 9.90 Å². The Morgan fingerprint density at radius 3 is 2.75 bits per heavy atom.